The molecule has 29 heavy (non-hydrogen) atoms. The molecule has 1 aliphatic heterocycles. The number of aliphatic hydroxyl groups is 2. The highest BCUT2D eigenvalue weighted by molar-refractivity contribution is 6.09. The number of ether oxygens (including phenoxy) is 2. The third kappa shape index (κ3) is 11.1. The fraction of sp³-hybridized carbons (Fsp3) is 0.913. The van der Waals surface area contributed by atoms with Crippen LogP contribution in [-0.2, 0) is 19.1 Å². The lowest BCUT2D eigenvalue weighted by molar-refractivity contribution is -0.153. The number of carbonyl (C=O) groups is 2. The highest BCUT2D eigenvalue weighted by atomic mass is 16.6. The number of aliphatic hydroxyl groups excluding tert-OH is 2. The van der Waals surface area contributed by atoms with Gasteiger partial charge in [-0.05, 0) is 6.42 Å². The van der Waals surface area contributed by atoms with Gasteiger partial charge < -0.3 is 19.7 Å². The molecule has 0 aliphatic carbocycles. The van der Waals surface area contributed by atoms with Gasteiger partial charge in [0.1, 0.15) is 6.10 Å². The van der Waals surface area contributed by atoms with E-state index in [4.69, 9.17) is 14.6 Å². The van der Waals surface area contributed by atoms with Gasteiger partial charge >= 0.3 is 5.97 Å². The first-order valence-electron chi connectivity index (χ1n) is 11.8. The summed E-state index contributed by atoms with van der Waals surface area (Å²) in [6.07, 6.45) is 15.1. The van der Waals surface area contributed by atoms with Gasteiger partial charge in [-0.2, -0.15) is 0 Å². The molecule has 0 spiro atoms. The van der Waals surface area contributed by atoms with Crippen LogP contribution in [0.5, 0.6) is 0 Å². The van der Waals surface area contributed by atoms with Crippen molar-refractivity contribution >= 4 is 11.8 Å². The smallest absolute Gasteiger partial charge is 0.344 e. The summed E-state index contributed by atoms with van der Waals surface area (Å²) in [6, 6.07) is 0. The molecule has 3 atom stereocenters. The lowest BCUT2D eigenvalue weighted by atomic mass is 10.0. The lowest BCUT2D eigenvalue weighted by Gasteiger charge is -2.12. The number of hydrogen-bond donors (Lipinski definition) is 2. The standard InChI is InChI=1S/C23H42O6/c1-2-3-4-5-6-7-8-9-10-11-12-13-14-15-16-17-28-22-20(26)21(19(25)18-24)29-23(22)27/h19,21-22,24-25H,2-18H2,1H3/t19-,21+,22?/m0/s1. The van der Waals surface area contributed by atoms with Gasteiger partial charge in [0.25, 0.3) is 0 Å². The maximum Gasteiger partial charge on any atom is 0.344 e. The zero-order valence-corrected chi connectivity index (χ0v) is 18.3. The Bertz CT molecular complexity index is 439. The molecule has 2 N–H and O–H groups in total. The molecule has 1 saturated heterocycles. The number of unbranched alkanes of at least 4 members (excludes halogenated alkanes) is 14. The quantitative estimate of drug-likeness (QED) is 0.188. The van der Waals surface area contributed by atoms with Crippen LogP contribution in [0.3, 0.4) is 0 Å². The van der Waals surface area contributed by atoms with Crippen molar-refractivity contribution in [3.8, 4) is 0 Å². The first kappa shape index (κ1) is 26.1. The molecule has 170 valence electrons. The van der Waals surface area contributed by atoms with Crippen molar-refractivity contribution < 1.29 is 29.3 Å². The maximum atomic E-state index is 12.0. The zero-order valence-electron chi connectivity index (χ0n) is 18.3. The number of carbonyl (C=O) groups excluding carboxylic acids is 2. The lowest BCUT2D eigenvalue weighted by Crippen LogP contribution is -2.37. The second-order valence-corrected chi connectivity index (χ2v) is 8.21. The van der Waals surface area contributed by atoms with Crippen LogP contribution in [0.1, 0.15) is 103 Å². The van der Waals surface area contributed by atoms with Gasteiger partial charge in [0.05, 0.1) is 6.61 Å². The van der Waals surface area contributed by atoms with Crippen LogP contribution >= 0.6 is 0 Å². The van der Waals surface area contributed by atoms with E-state index in [0.717, 1.165) is 19.3 Å². The fourth-order valence-corrected chi connectivity index (χ4v) is 3.70. The van der Waals surface area contributed by atoms with Crippen molar-refractivity contribution in [1.29, 1.82) is 0 Å². The number of rotatable bonds is 19. The number of hydrogen-bond acceptors (Lipinski definition) is 6. The number of esters is 1. The van der Waals surface area contributed by atoms with E-state index in [0.29, 0.717) is 6.61 Å². The molecule has 0 aromatic rings. The van der Waals surface area contributed by atoms with Crippen LogP contribution in [0.25, 0.3) is 0 Å². The van der Waals surface area contributed by atoms with E-state index in [1.54, 1.807) is 0 Å². The summed E-state index contributed by atoms with van der Waals surface area (Å²) in [4.78, 5) is 23.6. The predicted octanol–water partition coefficient (Wildman–Crippen LogP) is 4.09. The number of ketones is 1. The van der Waals surface area contributed by atoms with Crippen LogP contribution in [0.4, 0.5) is 0 Å². The average molecular weight is 415 g/mol. The summed E-state index contributed by atoms with van der Waals surface area (Å²) in [5.74, 6) is -1.37. The zero-order chi connectivity index (χ0) is 21.3. The van der Waals surface area contributed by atoms with Crippen molar-refractivity contribution in [2.75, 3.05) is 13.2 Å². The Balaban J connectivity index is 1.88. The van der Waals surface area contributed by atoms with E-state index in [2.05, 4.69) is 6.92 Å². The molecule has 0 bridgehead atoms. The molecule has 1 aliphatic rings. The summed E-state index contributed by atoms with van der Waals surface area (Å²) in [5, 5.41) is 18.3. The average Bonchev–Trinajstić information content (AvgIpc) is 3.01. The van der Waals surface area contributed by atoms with E-state index in [9.17, 15) is 14.7 Å². The van der Waals surface area contributed by atoms with Crippen LogP contribution in [-0.4, -0.2) is 53.5 Å². The molecule has 6 nitrogen and oxygen atoms in total. The summed E-state index contributed by atoms with van der Waals surface area (Å²) >= 11 is 0. The molecular formula is C23H42O6. The van der Waals surface area contributed by atoms with Gasteiger partial charge in [-0.1, -0.05) is 96.8 Å². The minimum atomic E-state index is -1.38. The van der Waals surface area contributed by atoms with Gasteiger partial charge in [-0.25, -0.2) is 4.79 Å². The molecule has 0 aromatic carbocycles. The molecule has 1 rings (SSSR count). The summed E-state index contributed by atoms with van der Waals surface area (Å²) in [5.41, 5.74) is 0. The van der Waals surface area contributed by atoms with Gasteiger partial charge in [-0.15, -0.1) is 0 Å². The third-order valence-electron chi connectivity index (χ3n) is 5.56. The fourth-order valence-electron chi connectivity index (χ4n) is 3.70. The second-order valence-electron chi connectivity index (χ2n) is 8.21. The van der Waals surface area contributed by atoms with E-state index in [-0.39, 0.29) is 0 Å². The Hall–Kier alpha value is -0.980. The maximum absolute atomic E-state index is 12.0. The van der Waals surface area contributed by atoms with Crippen molar-refractivity contribution in [2.24, 2.45) is 0 Å². The Morgan fingerprint density at radius 3 is 1.72 bits per heavy atom. The van der Waals surface area contributed by atoms with Crippen molar-refractivity contribution in [3.63, 3.8) is 0 Å². The molecule has 6 heteroatoms. The topological polar surface area (TPSA) is 93.1 Å². The Morgan fingerprint density at radius 1 is 0.828 bits per heavy atom. The van der Waals surface area contributed by atoms with Gasteiger partial charge in [0.2, 0.25) is 11.9 Å². The van der Waals surface area contributed by atoms with E-state index in [1.165, 1.54) is 77.0 Å². The van der Waals surface area contributed by atoms with Gasteiger partial charge in [0, 0.05) is 6.61 Å². The van der Waals surface area contributed by atoms with Gasteiger partial charge in [-0.3, -0.25) is 4.79 Å². The highest BCUT2D eigenvalue weighted by Gasteiger charge is 2.47. The summed E-state index contributed by atoms with van der Waals surface area (Å²) in [6.45, 7) is 1.95. The molecule has 1 heterocycles. The Kier molecular flexibility index (Phi) is 15.1. The largest absolute Gasteiger partial charge is 0.449 e. The molecule has 1 fully saturated rings. The van der Waals surface area contributed by atoms with Crippen LogP contribution in [0, 0.1) is 0 Å². The Labute approximate surface area is 176 Å². The van der Waals surface area contributed by atoms with E-state index in [1.807, 2.05) is 0 Å². The van der Waals surface area contributed by atoms with E-state index >= 15 is 0 Å². The summed E-state index contributed by atoms with van der Waals surface area (Å²) in [7, 11) is 0. The first-order chi connectivity index (χ1) is 14.1. The third-order valence-corrected chi connectivity index (χ3v) is 5.56. The molecular weight excluding hydrogens is 372 g/mol. The minimum Gasteiger partial charge on any atom is -0.449 e. The van der Waals surface area contributed by atoms with Crippen molar-refractivity contribution in [1.82, 2.24) is 0 Å². The number of Topliss-reactive ketones (excluding diaryl/α,β-unsaturated/α-hetero) is 1. The monoisotopic (exact) mass is 414 g/mol. The first-order valence-corrected chi connectivity index (χ1v) is 11.8. The SMILES string of the molecule is CCCCCCCCCCCCCCCCCOC1C(=O)O[C@H]([C@@H](O)CO)C1=O. The highest BCUT2D eigenvalue weighted by Crippen LogP contribution is 2.18. The van der Waals surface area contributed by atoms with E-state index < -0.39 is 36.7 Å². The Morgan fingerprint density at radius 2 is 1.28 bits per heavy atom. The normalized spacial score (nSPS) is 20.2. The van der Waals surface area contributed by atoms with Crippen LogP contribution in [0.15, 0.2) is 0 Å². The van der Waals surface area contributed by atoms with Gasteiger partial charge in [0.15, 0.2) is 6.10 Å². The minimum absolute atomic E-state index is 0.325. The summed E-state index contributed by atoms with van der Waals surface area (Å²) < 4.78 is 10.1. The molecule has 0 aromatic heterocycles. The molecule has 0 saturated carbocycles. The van der Waals surface area contributed by atoms with Crippen LogP contribution in [0.2, 0.25) is 0 Å². The second kappa shape index (κ2) is 16.8. The number of cyclic esters (lactones) is 1. The molecule has 1 unspecified atom stereocenters. The molecule has 0 radical (unpaired) electrons. The van der Waals surface area contributed by atoms with Crippen molar-refractivity contribution in [2.45, 2.75) is 122 Å². The molecule has 0 amide bonds. The van der Waals surface area contributed by atoms with Crippen LogP contribution < -0.4 is 0 Å². The van der Waals surface area contributed by atoms with Crippen molar-refractivity contribution in [3.05, 3.63) is 0 Å². The predicted molar refractivity (Wildman–Crippen MR) is 113 cm³/mol.